The van der Waals surface area contributed by atoms with Gasteiger partial charge < -0.3 is 14.1 Å². The second-order valence-electron chi connectivity index (χ2n) is 6.94. The molecule has 0 aliphatic carbocycles. The molecule has 0 radical (unpaired) electrons. The lowest BCUT2D eigenvalue weighted by Crippen LogP contribution is -2.41. The number of hydrogen-bond acceptors (Lipinski definition) is 5. The number of carbonyl (C=O) groups is 1. The standard InChI is InChI=1S/C21H29N3O3/c1-4-23(5-2)15-19-13-20(16(3)26-19)21(25)24-11-8-17(9-12-24)27-18-7-6-10-22-14-18/h6-7,10,13-14,17H,4-5,8-9,11-12,15H2,1-3H3. The number of ether oxygens (including phenoxy) is 1. The molecule has 1 saturated heterocycles. The van der Waals surface area contributed by atoms with Crippen molar-refractivity contribution in [1.29, 1.82) is 0 Å². The number of furan rings is 1. The molecule has 6 nitrogen and oxygen atoms in total. The first-order valence-corrected chi connectivity index (χ1v) is 9.78. The van der Waals surface area contributed by atoms with Crippen molar-refractivity contribution in [2.24, 2.45) is 0 Å². The lowest BCUT2D eigenvalue weighted by Gasteiger charge is -2.32. The third-order valence-corrected chi connectivity index (χ3v) is 5.14. The molecule has 1 aliphatic rings. The lowest BCUT2D eigenvalue weighted by atomic mass is 10.1. The Balaban J connectivity index is 1.57. The molecule has 27 heavy (non-hydrogen) atoms. The fourth-order valence-electron chi connectivity index (χ4n) is 3.46. The average Bonchev–Trinajstić information content (AvgIpc) is 3.07. The molecule has 0 atom stereocenters. The van der Waals surface area contributed by atoms with Crippen LogP contribution in [0, 0.1) is 6.92 Å². The molecule has 3 heterocycles. The number of rotatable bonds is 7. The summed E-state index contributed by atoms with van der Waals surface area (Å²) in [4.78, 5) is 21.2. The summed E-state index contributed by atoms with van der Waals surface area (Å²) in [6, 6.07) is 5.69. The van der Waals surface area contributed by atoms with Crippen molar-refractivity contribution in [2.75, 3.05) is 26.2 Å². The molecule has 1 amide bonds. The predicted molar refractivity (Wildman–Crippen MR) is 104 cm³/mol. The first kappa shape index (κ1) is 19.4. The van der Waals surface area contributed by atoms with E-state index in [-0.39, 0.29) is 12.0 Å². The van der Waals surface area contributed by atoms with Gasteiger partial charge in [0, 0.05) is 32.1 Å². The zero-order valence-electron chi connectivity index (χ0n) is 16.5. The number of nitrogens with zero attached hydrogens (tertiary/aromatic N) is 3. The van der Waals surface area contributed by atoms with Crippen LogP contribution in [0.4, 0.5) is 0 Å². The highest BCUT2D eigenvalue weighted by atomic mass is 16.5. The molecule has 1 fully saturated rings. The maximum atomic E-state index is 12.9. The molecule has 146 valence electrons. The molecule has 2 aromatic heterocycles. The third kappa shape index (κ3) is 4.89. The summed E-state index contributed by atoms with van der Waals surface area (Å²) >= 11 is 0. The highest BCUT2D eigenvalue weighted by molar-refractivity contribution is 5.95. The first-order chi connectivity index (χ1) is 13.1. The van der Waals surface area contributed by atoms with E-state index >= 15 is 0 Å². The third-order valence-electron chi connectivity index (χ3n) is 5.14. The van der Waals surface area contributed by atoms with E-state index in [0.717, 1.165) is 44.0 Å². The maximum Gasteiger partial charge on any atom is 0.257 e. The Hall–Kier alpha value is -2.34. The van der Waals surface area contributed by atoms with Gasteiger partial charge in [-0.2, -0.15) is 0 Å². The topological polar surface area (TPSA) is 58.8 Å². The minimum absolute atomic E-state index is 0.0573. The van der Waals surface area contributed by atoms with E-state index in [9.17, 15) is 4.79 Å². The van der Waals surface area contributed by atoms with Gasteiger partial charge in [0.25, 0.3) is 5.91 Å². The van der Waals surface area contributed by atoms with Gasteiger partial charge in [0.05, 0.1) is 18.3 Å². The minimum atomic E-state index is 0.0573. The largest absolute Gasteiger partial charge is 0.489 e. The van der Waals surface area contributed by atoms with E-state index < -0.39 is 0 Å². The van der Waals surface area contributed by atoms with E-state index in [1.165, 1.54) is 0 Å². The summed E-state index contributed by atoms with van der Waals surface area (Å²) in [6.07, 6.45) is 5.23. The average molecular weight is 371 g/mol. The van der Waals surface area contributed by atoms with Gasteiger partial charge in [-0.3, -0.25) is 14.7 Å². The van der Waals surface area contributed by atoms with Crippen LogP contribution < -0.4 is 4.74 Å². The van der Waals surface area contributed by atoms with Gasteiger partial charge >= 0.3 is 0 Å². The number of aryl methyl sites for hydroxylation is 1. The zero-order valence-corrected chi connectivity index (χ0v) is 16.5. The quantitative estimate of drug-likeness (QED) is 0.745. The second-order valence-corrected chi connectivity index (χ2v) is 6.94. The van der Waals surface area contributed by atoms with Gasteiger partial charge in [0.1, 0.15) is 23.4 Å². The molecule has 0 spiro atoms. The van der Waals surface area contributed by atoms with Crippen LogP contribution in [0.2, 0.25) is 0 Å². The van der Waals surface area contributed by atoms with Gasteiger partial charge in [-0.25, -0.2) is 0 Å². The normalized spacial score (nSPS) is 15.3. The SMILES string of the molecule is CCN(CC)Cc1cc(C(=O)N2CCC(Oc3cccnc3)CC2)c(C)o1. The van der Waals surface area contributed by atoms with Crippen LogP contribution in [-0.2, 0) is 6.54 Å². The summed E-state index contributed by atoms with van der Waals surface area (Å²) < 4.78 is 11.8. The van der Waals surface area contributed by atoms with Crippen LogP contribution >= 0.6 is 0 Å². The highest BCUT2D eigenvalue weighted by Gasteiger charge is 2.27. The monoisotopic (exact) mass is 371 g/mol. The fraction of sp³-hybridized carbons (Fsp3) is 0.524. The molecule has 0 N–H and O–H groups in total. The number of carbonyl (C=O) groups excluding carboxylic acids is 1. The van der Waals surface area contributed by atoms with Crippen molar-refractivity contribution >= 4 is 5.91 Å². The number of hydrogen-bond donors (Lipinski definition) is 0. The molecule has 0 aromatic carbocycles. The van der Waals surface area contributed by atoms with Crippen molar-refractivity contribution < 1.29 is 13.9 Å². The van der Waals surface area contributed by atoms with Crippen molar-refractivity contribution in [2.45, 2.75) is 46.3 Å². The molecular formula is C21H29N3O3. The minimum Gasteiger partial charge on any atom is -0.489 e. The Morgan fingerprint density at radius 2 is 2.07 bits per heavy atom. The number of amides is 1. The van der Waals surface area contributed by atoms with E-state index in [1.54, 1.807) is 12.4 Å². The number of piperidine rings is 1. The summed E-state index contributed by atoms with van der Waals surface area (Å²) in [6.45, 7) is 10.2. The predicted octanol–water partition coefficient (Wildman–Crippen LogP) is 3.51. The molecular weight excluding hydrogens is 342 g/mol. The van der Waals surface area contributed by atoms with Crippen LogP contribution in [0.15, 0.2) is 35.0 Å². The Morgan fingerprint density at radius 3 is 2.70 bits per heavy atom. The Kier molecular flexibility index (Phi) is 6.50. The van der Waals surface area contributed by atoms with E-state index in [0.29, 0.717) is 24.4 Å². The summed E-state index contributed by atoms with van der Waals surface area (Å²) in [5.41, 5.74) is 0.684. The molecule has 1 aliphatic heterocycles. The molecule has 3 rings (SSSR count). The Labute approximate surface area is 161 Å². The highest BCUT2D eigenvalue weighted by Crippen LogP contribution is 2.22. The summed E-state index contributed by atoms with van der Waals surface area (Å²) in [7, 11) is 0. The zero-order chi connectivity index (χ0) is 19.2. The van der Waals surface area contributed by atoms with Crippen molar-refractivity contribution in [3.63, 3.8) is 0 Å². The van der Waals surface area contributed by atoms with Crippen molar-refractivity contribution in [3.8, 4) is 5.75 Å². The van der Waals surface area contributed by atoms with Gasteiger partial charge in [0.15, 0.2) is 0 Å². The Morgan fingerprint density at radius 1 is 1.33 bits per heavy atom. The molecule has 0 saturated carbocycles. The molecule has 0 bridgehead atoms. The number of aromatic nitrogens is 1. The smallest absolute Gasteiger partial charge is 0.257 e. The van der Waals surface area contributed by atoms with Gasteiger partial charge in [-0.15, -0.1) is 0 Å². The van der Waals surface area contributed by atoms with Crippen molar-refractivity contribution in [1.82, 2.24) is 14.8 Å². The van der Waals surface area contributed by atoms with Gasteiger partial charge in [-0.05, 0) is 38.2 Å². The van der Waals surface area contributed by atoms with Crippen LogP contribution in [0.25, 0.3) is 0 Å². The summed E-state index contributed by atoms with van der Waals surface area (Å²) in [5.74, 6) is 2.40. The van der Waals surface area contributed by atoms with Crippen LogP contribution in [0.1, 0.15) is 48.6 Å². The first-order valence-electron chi connectivity index (χ1n) is 9.78. The molecule has 0 unspecified atom stereocenters. The van der Waals surface area contributed by atoms with Crippen molar-refractivity contribution in [3.05, 3.63) is 47.7 Å². The fourth-order valence-corrected chi connectivity index (χ4v) is 3.46. The number of likely N-dealkylation sites (tertiary alicyclic amines) is 1. The number of pyridine rings is 1. The van der Waals surface area contributed by atoms with Gasteiger partial charge in [0.2, 0.25) is 0 Å². The van der Waals surface area contributed by atoms with E-state index in [1.807, 2.05) is 30.0 Å². The lowest BCUT2D eigenvalue weighted by molar-refractivity contribution is 0.0593. The van der Waals surface area contributed by atoms with E-state index in [4.69, 9.17) is 9.15 Å². The Bertz CT molecular complexity index is 732. The van der Waals surface area contributed by atoms with E-state index in [2.05, 4.69) is 23.7 Å². The van der Waals surface area contributed by atoms with Crippen LogP contribution in [0.3, 0.4) is 0 Å². The molecule has 2 aromatic rings. The summed E-state index contributed by atoms with van der Waals surface area (Å²) in [5, 5.41) is 0. The van der Waals surface area contributed by atoms with Crippen LogP contribution in [0.5, 0.6) is 5.75 Å². The van der Waals surface area contributed by atoms with Crippen LogP contribution in [-0.4, -0.2) is 53.0 Å². The maximum absolute atomic E-state index is 12.9. The second kappa shape index (κ2) is 9.04. The molecule has 6 heteroatoms. The van der Waals surface area contributed by atoms with Gasteiger partial charge in [-0.1, -0.05) is 13.8 Å².